The minimum Gasteiger partial charge on any atom is -0.462 e. The smallest absolute Gasteiger partial charge is 0.338 e. The van der Waals surface area contributed by atoms with Crippen LogP contribution in [-0.4, -0.2) is 22.5 Å². The van der Waals surface area contributed by atoms with Gasteiger partial charge in [0.1, 0.15) is 17.2 Å². The first kappa shape index (κ1) is 25.0. The number of nitrogens with two attached hydrogens (primary N) is 1. The Bertz CT molecular complexity index is 1430. The highest BCUT2D eigenvalue weighted by atomic mass is 16.5. The molecule has 9 heteroatoms. The van der Waals surface area contributed by atoms with Gasteiger partial charge < -0.3 is 25.3 Å². The van der Waals surface area contributed by atoms with E-state index in [0.717, 1.165) is 11.1 Å². The maximum absolute atomic E-state index is 11.9. The highest BCUT2D eigenvalue weighted by molar-refractivity contribution is 5.89. The van der Waals surface area contributed by atoms with Crippen LogP contribution in [0.2, 0.25) is 0 Å². The normalized spacial score (nSPS) is 10.3. The molecule has 0 saturated heterocycles. The van der Waals surface area contributed by atoms with Crippen LogP contribution in [0.25, 0.3) is 0 Å². The number of rotatable bonds is 9. The van der Waals surface area contributed by atoms with Crippen LogP contribution >= 0.6 is 0 Å². The molecule has 9 nitrogen and oxygen atoms in total. The molecule has 0 fully saturated rings. The molecule has 0 amide bonds. The van der Waals surface area contributed by atoms with Crippen LogP contribution in [0.3, 0.4) is 0 Å². The monoisotopic (exact) mass is 495 g/mol. The number of carbonyl (C=O) groups is 1. The maximum Gasteiger partial charge on any atom is 0.338 e. The summed E-state index contributed by atoms with van der Waals surface area (Å²) >= 11 is 0. The molecule has 3 N–H and O–H groups in total. The van der Waals surface area contributed by atoms with E-state index in [1.165, 1.54) is 0 Å². The molecule has 0 saturated carbocycles. The molecular formula is C28H25N5O4. The fourth-order valence-corrected chi connectivity index (χ4v) is 3.33. The number of esters is 1. The molecule has 1 aromatic heterocycles. The Balaban J connectivity index is 1.65. The number of carbonyl (C=O) groups excluding carboxylic acids is 1. The lowest BCUT2D eigenvalue weighted by molar-refractivity contribution is 0.0526. The van der Waals surface area contributed by atoms with Crippen LogP contribution in [0.4, 0.5) is 11.5 Å². The largest absolute Gasteiger partial charge is 0.462 e. The van der Waals surface area contributed by atoms with Gasteiger partial charge in [0.25, 0.3) is 5.88 Å². The second kappa shape index (κ2) is 11.6. The van der Waals surface area contributed by atoms with E-state index in [2.05, 4.69) is 21.4 Å². The summed E-state index contributed by atoms with van der Waals surface area (Å²) in [5.74, 6) is 0.808. The van der Waals surface area contributed by atoms with E-state index in [0.29, 0.717) is 35.0 Å². The first-order valence-electron chi connectivity index (χ1n) is 11.6. The van der Waals surface area contributed by atoms with Crippen molar-refractivity contribution in [2.45, 2.75) is 20.4 Å². The Morgan fingerprint density at radius 2 is 1.78 bits per heavy atom. The van der Waals surface area contributed by atoms with Crippen LogP contribution in [-0.2, 0) is 11.3 Å². The van der Waals surface area contributed by atoms with Gasteiger partial charge in [-0.15, -0.1) is 0 Å². The SMILES string of the molecule is CCOC(=O)c1ccc(Oc2nc(NCc3ccccc3)c(N)c(Oc3cc(C#N)ccc3C)n2)cc1. The maximum atomic E-state index is 11.9. The van der Waals surface area contributed by atoms with Gasteiger partial charge in [-0.25, -0.2) is 4.79 Å². The van der Waals surface area contributed by atoms with E-state index in [-0.39, 0.29) is 24.2 Å². The summed E-state index contributed by atoms with van der Waals surface area (Å²) < 4.78 is 16.9. The summed E-state index contributed by atoms with van der Waals surface area (Å²) in [6.07, 6.45) is 0. The lowest BCUT2D eigenvalue weighted by Crippen LogP contribution is -2.09. The molecule has 0 unspecified atom stereocenters. The first-order chi connectivity index (χ1) is 18.0. The van der Waals surface area contributed by atoms with Gasteiger partial charge >= 0.3 is 12.0 Å². The summed E-state index contributed by atoms with van der Waals surface area (Å²) in [7, 11) is 0. The summed E-state index contributed by atoms with van der Waals surface area (Å²) in [4.78, 5) is 20.7. The average Bonchev–Trinajstić information content (AvgIpc) is 2.92. The lowest BCUT2D eigenvalue weighted by Gasteiger charge is -2.15. The van der Waals surface area contributed by atoms with Crippen molar-refractivity contribution in [3.63, 3.8) is 0 Å². The summed E-state index contributed by atoms with van der Waals surface area (Å²) in [5, 5.41) is 12.5. The number of hydrogen-bond acceptors (Lipinski definition) is 9. The standard InChI is InChI=1S/C28H25N5O4/c1-3-35-27(34)21-11-13-22(14-12-21)36-28-32-25(31-17-19-7-5-4-6-8-19)24(30)26(33-28)37-23-15-20(16-29)10-9-18(23)2/h4-15H,3,17,30H2,1-2H3,(H,31,32,33). The molecular weight excluding hydrogens is 470 g/mol. The Labute approximate surface area is 214 Å². The number of nitrogen functional groups attached to an aromatic ring is 1. The van der Waals surface area contributed by atoms with Crippen LogP contribution in [0.1, 0.15) is 34.0 Å². The number of anilines is 2. The molecule has 3 aromatic carbocycles. The Morgan fingerprint density at radius 3 is 2.49 bits per heavy atom. The van der Waals surface area contributed by atoms with Crippen molar-refractivity contribution >= 4 is 17.5 Å². The van der Waals surface area contributed by atoms with Gasteiger partial charge in [0, 0.05) is 6.54 Å². The van der Waals surface area contributed by atoms with Crippen LogP contribution in [0.5, 0.6) is 23.4 Å². The van der Waals surface area contributed by atoms with Crippen molar-refractivity contribution < 1.29 is 19.0 Å². The molecule has 0 aliphatic rings. The van der Waals surface area contributed by atoms with Crippen molar-refractivity contribution in [2.24, 2.45) is 0 Å². The van der Waals surface area contributed by atoms with Gasteiger partial charge in [0.2, 0.25) is 0 Å². The third-order valence-corrected chi connectivity index (χ3v) is 5.29. The zero-order valence-electron chi connectivity index (χ0n) is 20.4. The van der Waals surface area contributed by atoms with E-state index < -0.39 is 5.97 Å². The molecule has 186 valence electrons. The number of nitriles is 1. The van der Waals surface area contributed by atoms with Crippen LogP contribution < -0.4 is 20.5 Å². The summed E-state index contributed by atoms with van der Waals surface area (Å²) in [6.45, 7) is 4.34. The predicted molar refractivity (Wildman–Crippen MR) is 139 cm³/mol. The fourth-order valence-electron chi connectivity index (χ4n) is 3.33. The summed E-state index contributed by atoms with van der Waals surface area (Å²) in [6, 6.07) is 23.3. The van der Waals surface area contributed by atoms with Gasteiger partial charge in [-0.3, -0.25) is 0 Å². The van der Waals surface area contributed by atoms with Crippen molar-refractivity contribution in [1.82, 2.24) is 9.97 Å². The van der Waals surface area contributed by atoms with E-state index in [4.69, 9.17) is 19.9 Å². The highest BCUT2D eigenvalue weighted by Gasteiger charge is 2.17. The van der Waals surface area contributed by atoms with Crippen molar-refractivity contribution in [3.05, 3.63) is 95.1 Å². The molecule has 1 heterocycles. The van der Waals surface area contributed by atoms with Crippen LogP contribution in [0, 0.1) is 18.3 Å². The number of aromatic nitrogens is 2. The molecule has 37 heavy (non-hydrogen) atoms. The minimum absolute atomic E-state index is 0.0160. The number of benzene rings is 3. The fraction of sp³-hybridized carbons (Fsp3) is 0.143. The van der Waals surface area contributed by atoms with Gasteiger partial charge in [-0.2, -0.15) is 15.2 Å². The number of aryl methyl sites for hydroxylation is 1. The number of ether oxygens (including phenoxy) is 3. The molecule has 4 rings (SSSR count). The quantitative estimate of drug-likeness (QED) is 0.284. The van der Waals surface area contributed by atoms with E-state index >= 15 is 0 Å². The minimum atomic E-state index is -0.421. The van der Waals surface area contributed by atoms with Gasteiger partial charge in [-0.1, -0.05) is 36.4 Å². The van der Waals surface area contributed by atoms with Gasteiger partial charge in [-0.05, 0) is 61.4 Å². The second-order valence-electron chi connectivity index (χ2n) is 7.95. The van der Waals surface area contributed by atoms with Crippen molar-refractivity contribution in [1.29, 1.82) is 5.26 Å². The molecule has 0 atom stereocenters. The van der Waals surface area contributed by atoms with E-state index in [9.17, 15) is 10.1 Å². The third kappa shape index (κ3) is 6.32. The highest BCUT2D eigenvalue weighted by Crippen LogP contribution is 2.35. The number of nitrogens with zero attached hydrogens (tertiary/aromatic N) is 3. The number of nitrogens with one attached hydrogen (secondary N) is 1. The molecule has 0 spiro atoms. The van der Waals surface area contributed by atoms with Crippen molar-refractivity contribution in [3.8, 4) is 29.5 Å². The van der Waals surface area contributed by atoms with E-state index in [1.54, 1.807) is 49.4 Å². The Kier molecular flexibility index (Phi) is 7.81. The topological polar surface area (TPSA) is 132 Å². The van der Waals surface area contributed by atoms with Crippen LogP contribution in [0.15, 0.2) is 72.8 Å². The van der Waals surface area contributed by atoms with Gasteiger partial charge in [0.05, 0.1) is 23.8 Å². The first-order valence-corrected chi connectivity index (χ1v) is 11.6. The molecule has 0 aliphatic carbocycles. The predicted octanol–water partition coefficient (Wildman–Crippen LogP) is 5.61. The molecule has 0 bridgehead atoms. The molecule has 0 aliphatic heterocycles. The Hall–Kier alpha value is -5.10. The third-order valence-electron chi connectivity index (χ3n) is 5.29. The van der Waals surface area contributed by atoms with Crippen molar-refractivity contribution in [2.75, 3.05) is 17.7 Å². The van der Waals surface area contributed by atoms with Gasteiger partial charge in [0.15, 0.2) is 5.82 Å². The second-order valence-corrected chi connectivity index (χ2v) is 7.95. The zero-order valence-corrected chi connectivity index (χ0v) is 20.4. The lowest BCUT2D eigenvalue weighted by atomic mass is 10.1. The van der Waals surface area contributed by atoms with E-state index in [1.807, 2.05) is 37.3 Å². The molecule has 0 radical (unpaired) electrons. The number of hydrogen-bond donors (Lipinski definition) is 2. The summed E-state index contributed by atoms with van der Waals surface area (Å²) in [5.41, 5.74) is 9.22. The average molecular weight is 496 g/mol. The zero-order chi connectivity index (χ0) is 26.2. The Morgan fingerprint density at radius 1 is 1.03 bits per heavy atom. The molecule has 4 aromatic rings.